The molecular weight excluding hydrogens is 400 g/mol. The van der Waals surface area contributed by atoms with Crippen molar-refractivity contribution in [3.8, 4) is 0 Å². The summed E-state index contributed by atoms with van der Waals surface area (Å²) in [5.41, 5.74) is 0.766. The highest BCUT2D eigenvalue weighted by Crippen LogP contribution is 2.38. The Morgan fingerprint density at radius 1 is 0.774 bits per heavy atom. The molecule has 1 aliphatic heterocycles. The molecule has 0 bridgehead atoms. The topological polar surface area (TPSA) is 27.7 Å². The van der Waals surface area contributed by atoms with Crippen LogP contribution < -0.4 is 10.4 Å². The highest BCUT2D eigenvalue weighted by Gasteiger charge is 2.52. The van der Waals surface area contributed by atoms with E-state index in [1.54, 1.807) is 0 Å². The van der Waals surface area contributed by atoms with Gasteiger partial charge in [0.2, 0.25) is 0 Å². The van der Waals surface area contributed by atoms with Gasteiger partial charge < -0.3 is 13.9 Å². The van der Waals surface area contributed by atoms with Gasteiger partial charge in [0, 0.05) is 0 Å². The van der Waals surface area contributed by atoms with Crippen molar-refractivity contribution in [1.29, 1.82) is 0 Å². The molecule has 0 unspecified atom stereocenters. The first-order valence-electron chi connectivity index (χ1n) is 11.0. The molecule has 3 aromatic carbocycles. The van der Waals surface area contributed by atoms with Gasteiger partial charge in [0.1, 0.15) is 5.60 Å². The van der Waals surface area contributed by atoms with E-state index in [0.29, 0.717) is 26.4 Å². The van der Waals surface area contributed by atoms with Gasteiger partial charge in [0.05, 0.1) is 26.4 Å². The van der Waals surface area contributed by atoms with E-state index in [1.807, 2.05) is 18.2 Å². The Morgan fingerprint density at radius 3 is 1.68 bits per heavy atom. The van der Waals surface area contributed by atoms with Crippen LogP contribution in [0.15, 0.2) is 91.0 Å². The number of benzene rings is 3. The molecule has 3 nitrogen and oxygen atoms in total. The Labute approximate surface area is 187 Å². The van der Waals surface area contributed by atoms with Crippen LogP contribution in [0.25, 0.3) is 0 Å². The van der Waals surface area contributed by atoms with Gasteiger partial charge in [0.25, 0.3) is 8.32 Å². The van der Waals surface area contributed by atoms with Crippen molar-refractivity contribution in [2.45, 2.75) is 38.0 Å². The molecule has 162 valence electrons. The molecule has 4 heteroatoms. The van der Waals surface area contributed by atoms with Crippen molar-refractivity contribution >= 4 is 18.7 Å². The zero-order valence-corrected chi connectivity index (χ0v) is 19.7. The maximum Gasteiger partial charge on any atom is 0.261 e. The van der Waals surface area contributed by atoms with Gasteiger partial charge in [0.15, 0.2) is 0 Å². The standard InChI is InChI=1S/C27H32O3Si/c1-26(2,3)31(24-15-9-5-10-16-24,25-17-11-6-12-18-25)30-22-27(20-28-21-27)29-19-23-13-7-4-8-14-23/h4-18H,19-22H2,1-3H3. The van der Waals surface area contributed by atoms with Gasteiger partial charge >= 0.3 is 0 Å². The quantitative estimate of drug-likeness (QED) is 0.489. The van der Waals surface area contributed by atoms with E-state index in [4.69, 9.17) is 13.9 Å². The van der Waals surface area contributed by atoms with Crippen LogP contribution in [0.3, 0.4) is 0 Å². The van der Waals surface area contributed by atoms with Crippen molar-refractivity contribution in [3.05, 3.63) is 96.6 Å². The van der Waals surface area contributed by atoms with Crippen LogP contribution in [0.2, 0.25) is 5.04 Å². The normalized spacial score (nSPS) is 16.0. The molecule has 3 aromatic rings. The van der Waals surface area contributed by atoms with Crippen molar-refractivity contribution in [2.75, 3.05) is 19.8 Å². The molecule has 1 aliphatic rings. The first kappa shape index (κ1) is 22.0. The molecule has 0 amide bonds. The molecule has 1 fully saturated rings. The fraction of sp³-hybridized carbons (Fsp3) is 0.333. The first-order chi connectivity index (χ1) is 15.0. The van der Waals surface area contributed by atoms with E-state index < -0.39 is 13.9 Å². The lowest BCUT2D eigenvalue weighted by Gasteiger charge is -2.47. The monoisotopic (exact) mass is 432 g/mol. The Bertz CT molecular complexity index is 909. The van der Waals surface area contributed by atoms with E-state index in [9.17, 15) is 0 Å². The summed E-state index contributed by atoms with van der Waals surface area (Å²) in [6.45, 7) is 9.12. The second kappa shape index (κ2) is 9.09. The third kappa shape index (κ3) is 4.53. The molecule has 0 N–H and O–H groups in total. The molecule has 0 aromatic heterocycles. The maximum atomic E-state index is 7.10. The summed E-state index contributed by atoms with van der Waals surface area (Å²) in [5, 5.41) is 2.51. The zero-order chi connectivity index (χ0) is 21.8. The molecule has 0 saturated carbocycles. The van der Waals surface area contributed by atoms with E-state index in [0.717, 1.165) is 0 Å². The smallest absolute Gasteiger partial charge is 0.261 e. The van der Waals surface area contributed by atoms with Crippen molar-refractivity contribution < 1.29 is 13.9 Å². The molecule has 0 radical (unpaired) electrons. The Balaban J connectivity index is 1.65. The van der Waals surface area contributed by atoms with Gasteiger partial charge in [-0.3, -0.25) is 0 Å². The first-order valence-corrected chi connectivity index (χ1v) is 12.9. The third-order valence-corrected chi connectivity index (χ3v) is 11.1. The maximum absolute atomic E-state index is 7.10. The third-order valence-electron chi connectivity index (χ3n) is 6.09. The summed E-state index contributed by atoms with van der Waals surface area (Å²) in [5.74, 6) is 0. The van der Waals surface area contributed by atoms with Crippen LogP contribution >= 0.6 is 0 Å². The summed E-state index contributed by atoms with van der Waals surface area (Å²) >= 11 is 0. The lowest BCUT2D eigenvalue weighted by molar-refractivity contribution is -0.228. The van der Waals surface area contributed by atoms with Crippen LogP contribution in [-0.4, -0.2) is 33.7 Å². The van der Waals surface area contributed by atoms with E-state index in [-0.39, 0.29) is 5.04 Å². The van der Waals surface area contributed by atoms with Crippen molar-refractivity contribution in [2.24, 2.45) is 0 Å². The second-order valence-electron chi connectivity index (χ2n) is 9.40. The SMILES string of the molecule is CC(C)(C)[Si](OCC1(OCc2ccccc2)COC1)(c1ccccc1)c1ccccc1. The van der Waals surface area contributed by atoms with E-state index in [2.05, 4.69) is 93.6 Å². The van der Waals surface area contributed by atoms with Crippen LogP contribution in [0.1, 0.15) is 26.3 Å². The minimum absolute atomic E-state index is 0.0546. The molecule has 1 saturated heterocycles. The van der Waals surface area contributed by atoms with Gasteiger partial charge in [-0.1, -0.05) is 112 Å². The minimum Gasteiger partial charge on any atom is -0.404 e. The molecule has 0 aliphatic carbocycles. The Morgan fingerprint density at radius 2 is 1.26 bits per heavy atom. The number of ether oxygens (including phenoxy) is 2. The number of hydrogen-bond donors (Lipinski definition) is 0. The molecule has 31 heavy (non-hydrogen) atoms. The molecule has 0 atom stereocenters. The minimum atomic E-state index is -2.59. The second-order valence-corrected chi connectivity index (χ2v) is 13.7. The largest absolute Gasteiger partial charge is 0.404 e. The summed E-state index contributed by atoms with van der Waals surface area (Å²) in [4.78, 5) is 0. The molecule has 4 rings (SSSR count). The van der Waals surface area contributed by atoms with E-state index >= 15 is 0 Å². The Kier molecular flexibility index (Phi) is 6.44. The summed E-state index contributed by atoms with van der Waals surface area (Å²) in [7, 11) is -2.59. The number of rotatable bonds is 8. The average molecular weight is 433 g/mol. The lowest BCUT2D eigenvalue weighted by atomic mass is 10.0. The average Bonchev–Trinajstić information content (AvgIpc) is 2.76. The molecule has 1 heterocycles. The van der Waals surface area contributed by atoms with Crippen LogP contribution in [0.4, 0.5) is 0 Å². The van der Waals surface area contributed by atoms with Crippen LogP contribution in [0, 0.1) is 0 Å². The fourth-order valence-corrected chi connectivity index (χ4v) is 8.99. The summed E-state index contributed by atoms with van der Waals surface area (Å²) < 4.78 is 19.1. The van der Waals surface area contributed by atoms with Gasteiger partial charge in [-0.05, 0) is 21.0 Å². The van der Waals surface area contributed by atoms with E-state index in [1.165, 1.54) is 15.9 Å². The van der Waals surface area contributed by atoms with Crippen LogP contribution in [0.5, 0.6) is 0 Å². The lowest BCUT2D eigenvalue weighted by Crippen LogP contribution is -2.69. The fourth-order valence-electron chi connectivity index (χ4n) is 4.35. The predicted molar refractivity (Wildman–Crippen MR) is 128 cm³/mol. The van der Waals surface area contributed by atoms with Crippen molar-refractivity contribution in [3.63, 3.8) is 0 Å². The van der Waals surface area contributed by atoms with Crippen molar-refractivity contribution in [1.82, 2.24) is 0 Å². The molecular formula is C27H32O3Si. The Hall–Kier alpha value is -2.24. The predicted octanol–water partition coefficient (Wildman–Crippen LogP) is 4.55. The van der Waals surface area contributed by atoms with Gasteiger partial charge in [-0.15, -0.1) is 0 Å². The van der Waals surface area contributed by atoms with Crippen LogP contribution in [-0.2, 0) is 20.5 Å². The van der Waals surface area contributed by atoms with Gasteiger partial charge in [-0.2, -0.15) is 0 Å². The highest BCUT2D eigenvalue weighted by atomic mass is 28.4. The highest BCUT2D eigenvalue weighted by molar-refractivity contribution is 6.99. The summed E-state index contributed by atoms with van der Waals surface area (Å²) in [6.07, 6.45) is 0. The summed E-state index contributed by atoms with van der Waals surface area (Å²) in [6, 6.07) is 31.8. The number of hydrogen-bond acceptors (Lipinski definition) is 3. The molecule has 0 spiro atoms. The van der Waals surface area contributed by atoms with Gasteiger partial charge in [-0.25, -0.2) is 0 Å². The zero-order valence-electron chi connectivity index (χ0n) is 18.7.